The molecule has 0 rings (SSSR count). The van der Waals surface area contributed by atoms with Gasteiger partial charge in [0.05, 0.1) is 12.4 Å². The fourth-order valence-corrected chi connectivity index (χ4v) is 2.76. The first kappa shape index (κ1) is 13.9. The molecule has 0 heterocycles. The Labute approximate surface area is 87.0 Å². The molecule has 0 bridgehead atoms. The summed E-state index contributed by atoms with van der Waals surface area (Å²) >= 11 is 0. The SMILES string of the molecule is CCCCN(CCO)S(=O)(=O)CCC. The van der Waals surface area contributed by atoms with E-state index in [9.17, 15) is 8.42 Å². The summed E-state index contributed by atoms with van der Waals surface area (Å²) in [5.41, 5.74) is 0. The fourth-order valence-electron chi connectivity index (χ4n) is 1.22. The minimum Gasteiger partial charge on any atom is -0.395 e. The van der Waals surface area contributed by atoms with Gasteiger partial charge < -0.3 is 5.11 Å². The lowest BCUT2D eigenvalue weighted by Gasteiger charge is -2.20. The molecule has 0 aliphatic heterocycles. The van der Waals surface area contributed by atoms with Crippen LogP contribution in [0.15, 0.2) is 0 Å². The molecule has 0 aromatic carbocycles. The molecule has 0 saturated carbocycles. The third kappa shape index (κ3) is 4.93. The van der Waals surface area contributed by atoms with Crippen molar-refractivity contribution >= 4 is 10.0 Å². The highest BCUT2D eigenvalue weighted by molar-refractivity contribution is 7.89. The molecule has 1 N–H and O–H groups in total. The molecule has 4 nitrogen and oxygen atoms in total. The molecule has 0 saturated heterocycles. The van der Waals surface area contributed by atoms with Gasteiger partial charge in [-0.15, -0.1) is 0 Å². The van der Waals surface area contributed by atoms with Crippen molar-refractivity contribution in [3.05, 3.63) is 0 Å². The van der Waals surface area contributed by atoms with E-state index < -0.39 is 10.0 Å². The number of unbranched alkanes of at least 4 members (excludes halogenated alkanes) is 1. The van der Waals surface area contributed by atoms with E-state index in [1.165, 1.54) is 4.31 Å². The molecule has 0 aliphatic rings. The number of hydrogen-bond acceptors (Lipinski definition) is 3. The van der Waals surface area contributed by atoms with Crippen molar-refractivity contribution in [2.24, 2.45) is 0 Å². The summed E-state index contributed by atoms with van der Waals surface area (Å²) < 4.78 is 24.7. The molecule has 0 aliphatic carbocycles. The zero-order chi connectivity index (χ0) is 11.0. The van der Waals surface area contributed by atoms with Crippen LogP contribution in [0.4, 0.5) is 0 Å². The molecule has 86 valence electrons. The first-order chi connectivity index (χ1) is 6.58. The van der Waals surface area contributed by atoms with Crippen LogP contribution < -0.4 is 0 Å². The lowest BCUT2D eigenvalue weighted by molar-refractivity contribution is 0.252. The van der Waals surface area contributed by atoms with Gasteiger partial charge in [0.25, 0.3) is 0 Å². The van der Waals surface area contributed by atoms with Gasteiger partial charge >= 0.3 is 0 Å². The van der Waals surface area contributed by atoms with Crippen molar-refractivity contribution in [3.8, 4) is 0 Å². The number of aliphatic hydroxyl groups excluding tert-OH is 1. The number of hydrogen-bond donors (Lipinski definition) is 1. The first-order valence-corrected chi connectivity index (χ1v) is 6.78. The summed E-state index contributed by atoms with van der Waals surface area (Å²) in [5, 5.41) is 8.76. The highest BCUT2D eigenvalue weighted by atomic mass is 32.2. The zero-order valence-electron chi connectivity index (χ0n) is 9.07. The monoisotopic (exact) mass is 223 g/mol. The summed E-state index contributed by atoms with van der Waals surface area (Å²) in [6, 6.07) is 0. The van der Waals surface area contributed by atoms with Crippen molar-refractivity contribution in [2.75, 3.05) is 25.4 Å². The maximum absolute atomic E-state index is 11.6. The second kappa shape index (κ2) is 7.20. The van der Waals surface area contributed by atoms with Gasteiger partial charge in [0.2, 0.25) is 10.0 Å². The van der Waals surface area contributed by atoms with Crippen LogP contribution in [0, 0.1) is 0 Å². The molecule has 14 heavy (non-hydrogen) atoms. The largest absolute Gasteiger partial charge is 0.395 e. The smallest absolute Gasteiger partial charge is 0.214 e. The molecule has 0 fully saturated rings. The standard InChI is InChI=1S/C9H21NO3S/c1-3-5-6-10(7-8-11)14(12,13)9-4-2/h11H,3-9H2,1-2H3. The van der Waals surface area contributed by atoms with E-state index in [-0.39, 0.29) is 18.9 Å². The van der Waals surface area contributed by atoms with E-state index in [0.717, 1.165) is 12.8 Å². The summed E-state index contributed by atoms with van der Waals surface area (Å²) in [4.78, 5) is 0. The molecule has 0 unspecified atom stereocenters. The Balaban J connectivity index is 4.30. The maximum Gasteiger partial charge on any atom is 0.214 e. The van der Waals surface area contributed by atoms with E-state index in [4.69, 9.17) is 5.11 Å². The van der Waals surface area contributed by atoms with Crippen LogP contribution >= 0.6 is 0 Å². The van der Waals surface area contributed by atoms with Gasteiger partial charge in [0.1, 0.15) is 0 Å². The average molecular weight is 223 g/mol. The Hall–Kier alpha value is -0.130. The minimum atomic E-state index is -3.13. The highest BCUT2D eigenvalue weighted by Gasteiger charge is 2.19. The molecule has 0 aromatic rings. The fraction of sp³-hybridized carbons (Fsp3) is 1.00. The van der Waals surface area contributed by atoms with Gasteiger partial charge in [-0.1, -0.05) is 20.3 Å². The second-order valence-electron chi connectivity index (χ2n) is 3.29. The molecule has 0 atom stereocenters. The van der Waals surface area contributed by atoms with Crippen LogP contribution in [0.1, 0.15) is 33.1 Å². The Morgan fingerprint density at radius 2 is 1.79 bits per heavy atom. The predicted molar refractivity (Wildman–Crippen MR) is 57.6 cm³/mol. The van der Waals surface area contributed by atoms with Gasteiger partial charge in [-0.05, 0) is 12.8 Å². The first-order valence-electron chi connectivity index (χ1n) is 5.17. The summed E-state index contributed by atoms with van der Waals surface area (Å²) in [5.74, 6) is 0.177. The Morgan fingerprint density at radius 3 is 2.21 bits per heavy atom. The molecule has 0 aromatic heterocycles. The molecular formula is C9H21NO3S. The van der Waals surface area contributed by atoms with Gasteiger partial charge in [0, 0.05) is 13.1 Å². The third-order valence-corrected chi connectivity index (χ3v) is 4.04. The number of rotatable bonds is 8. The van der Waals surface area contributed by atoms with E-state index in [1.807, 2.05) is 13.8 Å². The number of nitrogens with zero attached hydrogens (tertiary/aromatic N) is 1. The molecule has 5 heteroatoms. The minimum absolute atomic E-state index is 0.105. The van der Waals surface area contributed by atoms with E-state index in [0.29, 0.717) is 13.0 Å². The topological polar surface area (TPSA) is 57.6 Å². The van der Waals surface area contributed by atoms with E-state index in [2.05, 4.69) is 0 Å². The van der Waals surface area contributed by atoms with Crippen LogP contribution in [0.2, 0.25) is 0 Å². The number of sulfonamides is 1. The number of aliphatic hydroxyl groups is 1. The van der Waals surface area contributed by atoms with Crippen LogP contribution in [-0.2, 0) is 10.0 Å². The van der Waals surface area contributed by atoms with Crippen molar-refractivity contribution in [1.82, 2.24) is 4.31 Å². The van der Waals surface area contributed by atoms with Crippen molar-refractivity contribution in [1.29, 1.82) is 0 Å². The highest BCUT2D eigenvalue weighted by Crippen LogP contribution is 2.05. The molecular weight excluding hydrogens is 202 g/mol. The Bertz CT molecular complexity index is 226. The average Bonchev–Trinajstić information content (AvgIpc) is 2.11. The Kier molecular flexibility index (Phi) is 7.13. The van der Waals surface area contributed by atoms with Crippen molar-refractivity contribution in [3.63, 3.8) is 0 Å². The quantitative estimate of drug-likeness (QED) is 0.663. The van der Waals surface area contributed by atoms with Gasteiger partial charge in [-0.2, -0.15) is 4.31 Å². The third-order valence-electron chi connectivity index (χ3n) is 1.97. The van der Waals surface area contributed by atoms with E-state index in [1.54, 1.807) is 0 Å². The van der Waals surface area contributed by atoms with Crippen molar-refractivity contribution in [2.45, 2.75) is 33.1 Å². The van der Waals surface area contributed by atoms with Crippen molar-refractivity contribution < 1.29 is 13.5 Å². The van der Waals surface area contributed by atoms with Gasteiger partial charge in [-0.25, -0.2) is 8.42 Å². The normalized spacial score (nSPS) is 12.3. The van der Waals surface area contributed by atoms with Crippen LogP contribution in [0.25, 0.3) is 0 Å². The molecule has 0 spiro atoms. The summed E-state index contributed by atoms with van der Waals surface area (Å²) in [7, 11) is -3.13. The van der Waals surface area contributed by atoms with Gasteiger partial charge in [0.15, 0.2) is 0 Å². The lowest BCUT2D eigenvalue weighted by Crippen LogP contribution is -2.36. The lowest BCUT2D eigenvalue weighted by atomic mass is 10.3. The molecule has 0 amide bonds. The Morgan fingerprint density at radius 1 is 1.14 bits per heavy atom. The maximum atomic E-state index is 11.6. The second-order valence-corrected chi connectivity index (χ2v) is 5.38. The predicted octanol–water partition coefficient (Wildman–Crippen LogP) is 0.821. The zero-order valence-corrected chi connectivity index (χ0v) is 9.89. The summed E-state index contributed by atoms with van der Waals surface area (Å²) in [6.45, 7) is 4.51. The molecule has 0 radical (unpaired) electrons. The van der Waals surface area contributed by atoms with Crippen LogP contribution in [-0.4, -0.2) is 43.3 Å². The summed E-state index contributed by atoms with van der Waals surface area (Å²) in [6.07, 6.45) is 2.43. The van der Waals surface area contributed by atoms with Crippen LogP contribution in [0.3, 0.4) is 0 Å². The van der Waals surface area contributed by atoms with E-state index >= 15 is 0 Å². The van der Waals surface area contributed by atoms with Gasteiger partial charge in [-0.3, -0.25) is 0 Å². The van der Waals surface area contributed by atoms with Crippen LogP contribution in [0.5, 0.6) is 0 Å².